The molecule has 1 saturated heterocycles. The van der Waals surface area contributed by atoms with Crippen LogP contribution in [0.1, 0.15) is 31.9 Å². The summed E-state index contributed by atoms with van der Waals surface area (Å²) in [5, 5.41) is 0. The summed E-state index contributed by atoms with van der Waals surface area (Å²) in [6.45, 7) is 9.82. The van der Waals surface area contributed by atoms with Gasteiger partial charge in [0.05, 0.1) is 12.6 Å². The zero-order valence-corrected chi connectivity index (χ0v) is 12.5. The first kappa shape index (κ1) is 15.7. The van der Waals surface area contributed by atoms with Crippen LogP contribution in [0.2, 0.25) is 0 Å². The van der Waals surface area contributed by atoms with E-state index in [0.717, 1.165) is 30.3 Å². The Bertz CT molecular complexity index is 550. The van der Waals surface area contributed by atoms with Gasteiger partial charge in [0.2, 0.25) is 0 Å². The zero-order chi connectivity index (χ0) is 15.4. The number of nitrogens with zero attached hydrogens (tertiary/aromatic N) is 1. The molecule has 0 amide bonds. The summed E-state index contributed by atoms with van der Waals surface area (Å²) in [7, 11) is 0. The van der Waals surface area contributed by atoms with Crippen LogP contribution in [0.3, 0.4) is 0 Å². The van der Waals surface area contributed by atoms with Gasteiger partial charge in [0.15, 0.2) is 0 Å². The summed E-state index contributed by atoms with van der Waals surface area (Å²) in [6.07, 6.45) is 2.83. The van der Waals surface area contributed by atoms with Crippen LogP contribution in [-0.2, 0) is 4.74 Å². The van der Waals surface area contributed by atoms with Gasteiger partial charge in [-0.05, 0) is 32.4 Å². The highest BCUT2D eigenvalue weighted by molar-refractivity contribution is 5.26. The fourth-order valence-electron chi connectivity index (χ4n) is 2.57. The van der Waals surface area contributed by atoms with Crippen LogP contribution in [-0.4, -0.2) is 24.7 Å². The van der Waals surface area contributed by atoms with Crippen molar-refractivity contribution in [1.82, 2.24) is 4.90 Å². The van der Waals surface area contributed by atoms with Gasteiger partial charge in [-0.3, -0.25) is 0 Å². The molecule has 1 aliphatic rings. The summed E-state index contributed by atoms with van der Waals surface area (Å²) in [5.41, 5.74) is 2.40. The number of rotatable bonds is 3. The molecule has 0 spiro atoms. The molecular formula is C17H21F2NO. The van der Waals surface area contributed by atoms with Gasteiger partial charge in [0.1, 0.15) is 11.6 Å². The molecule has 0 saturated carbocycles. The molecule has 21 heavy (non-hydrogen) atoms. The molecule has 1 fully saturated rings. The number of ether oxygens (including phenoxy) is 1. The Morgan fingerprint density at radius 3 is 2.81 bits per heavy atom. The molecule has 1 atom stereocenters. The van der Waals surface area contributed by atoms with Crippen molar-refractivity contribution in [1.29, 1.82) is 0 Å². The molecule has 114 valence electrons. The third-order valence-electron chi connectivity index (χ3n) is 3.49. The molecule has 2 nitrogen and oxygen atoms in total. The van der Waals surface area contributed by atoms with Crippen LogP contribution in [0.4, 0.5) is 8.78 Å². The standard InChI is InChI=1S/C17H21F2NO/c1-12(2)9-13(3)20-7-4-8-21-11-17(20)15-6-5-14(18)10-16(15)19/h5-6,9-10,17H,3-4,7-8,11H2,1-2H3/t17-/m0/s1. The van der Waals surface area contributed by atoms with E-state index < -0.39 is 11.6 Å². The number of allylic oxidation sites excluding steroid dienone is 2. The van der Waals surface area contributed by atoms with Crippen LogP contribution in [0.25, 0.3) is 0 Å². The van der Waals surface area contributed by atoms with E-state index in [2.05, 4.69) is 6.58 Å². The SMILES string of the molecule is C=C(C=C(C)C)N1CCCOC[C@H]1c1ccc(F)cc1F. The van der Waals surface area contributed by atoms with E-state index in [1.807, 2.05) is 24.8 Å². The minimum atomic E-state index is -0.569. The second kappa shape index (κ2) is 6.85. The lowest BCUT2D eigenvalue weighted by Gasteiger charge is -2.32. The van der Waals surface area contributed by atoms with E-state index in [9.17, 15) is 8.78 Å². The number of hydrogen-bond donors (Lipinski definition) is 0. The summed E-state index contributed by atoms with van der Waals surface area (Å²) >= 11 is 0. The van der Waals surface area contributed by atoms with Crippen molar-refractivity contribution in [3.05, 3.63) is 59.3 Å². The summed E-state index contributed by atoms with van der Waals surface area (Å²) < 4.78 is 32.8. The first-order valence-electron chi connectivity index (χ1n) is 7.12. The first-order chi connectivity index (χ1) is 9.99. The topological polar surface area (TPSA) is 12.5 Å². The van der Waals surface area contributed by atoms with Crippen molar-refractivity contribution in [2.24, 2.45) is 0 Å². The quantitative estimate of drug-likeness (QED) is 0.774. The van der Waals surface area contributed by atoms with Crippen LogP contribution in [0.5, 0.6) is 0 Å². The van der Waals surface area contributed by atoms with Crippen molar-refractivity contribution in [3.8, 4) is 0 Å². The van der Waals surface area contributed by atoms with Crippen LogP contribution < -0.4 is 0 Å². The molecule has 4 heteroatoms. The van der Waals surface area contributed by atoms with Gasteiger partial charge in [-0.2, -0.15) is 0 Å². The smallest absolute Gasteiger partial charge is 0.131 e. The Morgan fingerprint density at radius 1 is 1.38 bits per heavy atom. The Morgan fingerprint density at radius 2 is 2.14 bits per heavy atom. The van der Waals surface area contributed by atoms with E-state index in [-0.39, 0.29) is 6.04 Å². The normalized spacial score (nSPS) is 19.0. The van der Waals surface area contributed by atoms with E-state index in [1.54, 1.807) is 0 Å². The van der Waals surface area contributed by atoms with E-state index in [4.69, 9.17) is 4.74 Å². The highest BCUT2D eigenvalue weighted by Gasteiger charge is 2.26. The molecule has 0 radical (unpaired) electrons. The molecule has 1 heterocycles. The van der Waals surface area contributed by atoms with Crippen LogP contribution >= 0.6 is 0 Å². The minimum Gasteiger partial charge on any atom is -0.379 e. The Labute approximate surface area is 124 Å². The predicted octanol–water partition coefficient (Wildman–Crippen LogP) is 4.21. The van der Waals surface area contributed by atoms with Gasteiger partial charge in [-0.1, -0.05) is 18.2 Å². The number of halogens is 2. The summed E-state index contributed by atoms with van der Waals surface area (Å²) in [4.78, 5) is 2.04. The second-order valence-electron chi connectivity index (χ2n) is 5.52. The number of hydrogen-bond acceptors (Lipinski definition) is 2. The maximum absolute atomic E-state index is 14.1. The first-order valence-corrected chi connectivity index (χ1v) is 7.12. The van der Waals surface area contributed by atoms with Crippen LogP contribution in [0, 0.1) is 11.6 Å². The second-order valence-corrected chi connectivity index (χ2v) is 5.52. The zero-order valence-electron chi connectivity index (χ0n) is 12.5. The molecule has 0 bridgehead atoms. The molecule has 1 aliphatic heterocycles. The van der Waals surface area contributed by atoms with Crippen molar-refractivity contribution in [2.45, 2.75) is 26.3 Å². The molecule has 1 aromatic rings. The van der Waals surface area contributed by atoms with E-state index in [0.29, 0.717) is 18.8 Å². The third-order valence-corrected chi connectivity index (χ3v) is 3.49. The lowest BCUT2D eigenvalue weighted by atomic mass is 10.0. The van der Waals surface area contributed by atoms with Crippen LogP contribution in [0.15, 0.2) is 42.1 Å². The average molecular weight is 293 g/mol. The predicted molar refractivity (Wildman–Crippen MR) is 79.8 cm³/mol. The molecule has 2 rings (SSSR count). The molecular weight excluding hydrogens is 272 g/mol. The summed E-state index contributed by atoms with van der Waals surface area (Å²) in [5.74, 6) is -1.11. The van der Waals surface area contributed by atoms with Crippen molar-refractivity contribution in [3.63, 3.8) is 0 Å². The highest BCUT2D eigenvalue weighted by Crippen LogP contribution is 2.29. The van der Waals surface area contributed by atoms with E-state index in [1.165, 1.54) is 12.1 Å². The van der Waals surface area contributed by atoms with Crippen molar-refractivity contribution >= 4 is 0 Å². The summed E-state index contributed by atoms with van der Waals surface area (Å²) in [6, 6.07) is 3.41. The minimum absolute atomic E-state index is 0.281. The molecule has 0 aliphatic carbocycles. The largest absolute Gasteiger partial charge is 0.379 e. The highest BCUT2D eigenvalue weighted by atomic mass is 19.1. The monoisotopic (exact) mass is 293 g/mol. The van der Waals surface area contributed by atoms with Gasteiger partial charge in [0.25, 0.3) is 0 Å². The molecule has 1 aromatic carbocycles. The maximum Gasteiger partial charge on any atom is 0.131 e. The molecule has 0 unspecified atom stereocenters. The van der Waals surface area contributed by atoms with Gasteiger partial charge in [0, 0.05) is 30.5 Å². The Balaban J connectivity index is 2.35. The van der Waals surface area contributed by atoms with Gasteiger partial charge in [-0.15, -0.1) is 0 Å². The fourth-order valence-corrected chi connectivity index (χ4v) is 2.57. The van der Waals surface area contributed by atoms with Crippen molar-refractivity contribution in [2.75, 3.05) is 19.8 Å². The number of benzene rings is 1. The Hall–Kier alpha value is -1.68. The van der Waals surface area contributed by atoms with E-state index >= 15 is 0 Å². The third kappa shape index (κ3) is 3.91. The van der Waals surface area contributed by atoms with Gasteiger partial charge in [-0.25, -0.2) is 8.78 Å². The van der Waals surface area contributed by atoms with Gasteiger partial charge < -0.3 is 9.64 Å². The van der Waals surface area contributed by atoms with Crippen molar-refractivity contribution < 1.29 is 13.5 Å². The average Bonchev–Trinajstić information content (AvgIpc) is 2.63. The lowest BCUT2D eigenvalue weighted by molar-refractivity contribution is 0.111. The van der Waals surface area contributed by atoms with Gasteiger partial charge >= 0.3 is 0 Å². The molecule has 0 N–H and O–H groups in total. The lowest BCUT2D eigenvalue weighted by Crippen LogP contribution is -2.30. The Kier molecular flexibility index (Phi) is 5.12. The fraction of sp³-hybridized carbons (Fsp3) is 0.412. The molecule has 0 aromatic heterocycles. The maximum atomic E-state index is 14.1.